The largest absolute Gasteiger partial charge is 0.504 e. The quantitative estimate of drug-likeness (QED) is 0.265. The Morgan fingerprint density at radius 3 is 2.36 bits per heavy atom. The van der Waals surface area contributed by atoms with Crippen LogP contribution in [0.1, 0.15) is 49.2 Å². The van der Waals surface area contributed by atoms with Crippen molar-refractivity contribution >= 4 is 17.5 Å². The van der Waals surface area contributed by atoms with Crippen molar-refractivity contribution in [3.8, 4) is 5.75 Å². The summed E-state index contributed by atoms with van der Waals surface area (Å²) in [5.74, 6) is -0.158. The van der Waals surface area contributed by atoms with E-state index in [0.717, 1.165) is 11.3 Å². The molecule has 148 valence electrons. The molecule has 0 aromatic heterocycles. The number of allylic oxidation sites excluding steroid dienone is 2. The van der Waals surface area contributed by atoms with Gasteiger partial charge in [-0.15, -0.1) is 6.58 Å². The number of carbonyl (C=O) groups excluding carboxylic acids is 1. The Morgan fingerprint density at radius 1 is 1.18 bits per heavy atom. The topological polar surface area (TPSA) is 58.6 Å². The molecular weight excluding hydrogens is 350 g/mol. The highest BCUT2D eigenvalue weighted by Crippen LogP contribution is 2.31. The van der Waals surface area contributed by atoms with Gasteiger partial charge in [0.05, 0.1) is 6.10 Å². The molecule has 0 atom stereocenters. The average Bonchev–Trinajstić information content (AvgIpc) is 2.68. The molecule has 2 rings (SSSR count). The van der Waals surface area contributed by atoms with E-state index in [1.807, 2.05) is 45.2 Å². The number of ketones is 1. The van der Waals surface area contributed by atoms with Crippen molar-refractivity contribution in [3.05, 3.63) is 77.6 Å². The first-order chi connectivity index (χ1) is 13.2. The second-order valence-electron chi connectivity index (χ2n) is 7.53. The van der Waals surface area contributed by atoms with Gasteiger partial charge in [-0.1, -0.05) is 26.0 Å². The van der Waals surface area contributed by atoms with Gasteiger partial charge in [0.2, 0.25) is 5.78 Å². The Balaban J connectivity index is 2.45. The number of Topliss-reactive ketones (excluding diaryl/α,β-unsaturated/α-hetero) is 1. The second-order valence-corrected chi connectivity index (χ2v) is 7.53. The molecule has 0 aliphatic carbocycles. The summed E-state index contributed by atoms with van der Waals surface area (Å²) in [6.45, 7) is 11.9. The van der Waals surface area contributed by atoms with E-state index in [1.54, 1.807) is 24.3 Å². The van der Waals surface area contributed by atoms with Gasteiger partial charge in [-0.05, 0) is 61.9 Å². The molecule has 4 nitrogen and oxygen atoms in total. The van der Waals surface area contributed by atoms with Crippen molar-refractivity contribution in [2.75, 3.05) is 12.4 Å². The fourth-order valence-electron chi connectivity index (χ4n) is 2.69. The van der Waals surface area contributed by atoms with Crippen LogP contribution in [0, 0.1) is 0 Å². The highest BCUT2D eigenvalue weighted by molar-refractivity contribution is 6.09. The normalized spacial score (nSPS) is 12.0. The van der Waals surface area contributed by atoms with Crippen molar-refractivity contribution in [1.29, 1.82) is 0 Å². The number of hydrogen-bond acceptors (Lipinski definition) is 4. The maximum Gasteiger partial charge on any atom is 0.227 e. The van der Waals surface area contributed by atoms with E-state index in [-0.39, 0.29) is 17.3 Å². The Bertz CT molecular complexity index is 877. The van der Waals surface area contributed by atoms with E-state index in [0.29, 0.717) is 16.9 Å². The van der Waals surface area contributed by atoms with Gasteiger partial charge in [-0.2, -0.15) is 0 Å². The zero-order valence-corrected chi connectivity index (χ0v) is 17.2. The van der Waals surface area contributed by atoms with E-state index in [1.165, 1.54) is 6.08 Å². The van der Waals surface area contributed by atoms with E-state index in [9.17, 15) is 9.90 Å². The van der Waals surface area contributed by atoms with Gasteiger partial charge in [0.25, 0.3) is 0 Å². The molecule has 0 spiro atoms. The van der Waals surface area contributed by atoms with Crippen LogP contribution in [0.25, 0.3) is 6.08 Å². The zero-order chi connectivity index (χ0) is 20.9. The first kappa shape index (κ1) is 21.3. The standard InChI is InChI=1S/C24H29NO3/c1-7-24(4,5)19-10-13-22(28-16(2)3)18(14-19)15-21(26)23(27)17-8-11-20(25-6)12-9-17/h7-16,25-26H,1H2,2-6H3. The molecule has 0 amide bonds. The molecule has 2 N–H and O–H groups in total. The van der Waals surface area contributed by atoms with Crippen LogP contribution in [-0.2, 0) is 5.41 Å². The third-order valence-corrected chi connectivity index (χ3v) is 4.59. The first-order valence-electron chi connectivity index (χ1n) is 9.36. The van der Waals surface area contributed by atoms with Crippen molar-refractivity contribution in [1.82, 2.24) is 0 Å². The highest BCUT2D eigenvalue weighted by atomic mass is 16.5. The fraction of sp³-hybridized carbons (Fsp3) is 0.292. The third kappa shape index (κ3) is 5.03. The number of rotatable bonds is 8. The van der Waals surface area contributed by atoms with Crippen LogP contribution in [0.2, 0.25) is 0 Å². The summed E-state index contributed by atoms with van der Waals surface area (Å²) in [6, 6.07) is 12.7. The molecule has 0 saturated heterocycles. The molecule has 4 heteroatoms. The minimum atomic E-state index is -0.438. The third-order valence-electron chi connectivity index (χ3n) is 4.59. The number of anilines is 1. The predicted molar refractivity (Wildman–Crippen MR) is 116 cm³/mol. The number of aliphatic hydroxyl groups excluding tert-OH is 1. The number of carbonyl (C=O) groups is 1. The summed E-state index contributed by atoms with van der Waals surface area (Å²) in [5, 5.41) is 13.5. The average molecular weight is 380 g/mol. The summed E-state index contributed by atoms with van der Waals surface area (Å²) in [6.07, 6.45) is 3.30. The second kappa shape index (κ2) is 8.79. The van der Waals surface area contributed by atoms with Gasteiger partial charge in [-0.25, -0.2) is 0 Å². The van der Waals surface area contributed by atoms with Gasteiger partial charge in [0.15, 0.2) is 5.76 Å². The van der Waals surface area contributed by atoms with Crippen molar-refractivity contribution < 1.29 is 14.6 Å². The Hall–Kier alpha value is -3.01. The zero-order valence-electron chi connectivity index (χ0n) is 17.2. The fourth-order valence-corrected chi connectivity index (χ4v) is 2.69. The molecule has 28 heavy (non-hydrogen) atoms. The summed E-state index contributed by atoms with van der Waals surface area (Å²) < 4.78 is 5.86. The molecule has 0 unspecified atom stereocenters. The highest BCUT2D eigenvalue weighted by Gasteiger charge is 2.19. The number of nitrogens with one attached hydrogen (secondary N) is 1. The van der Waals surface area contributed by atoms with Crippen LogP contribution in [0.4, 0.5) is 5.69 Å². The van der Waals surface area contributed by atoms with Crippen molar-refractivity contribution in [2.24, 2.45) is 0 Å². The lowest BCUT2D eigenvalue weighted by Gasteiger charge is -2.22. The van der Waals surface area contributed by atoms with Gasteiger partial charge < -0.3 is 15.2 Å². The number of hydrogen-bond donors (Lipinski definition) is 2. The van der Waals surface area contributed by atoms with Gasteiger partial charge >= 0.3 is 0 Å². The van der Waals surface area contributed by atoms with Crippen LogP contribution in [0.5, 0.6) is 5.75 Å². The van der Waals surface area contributed by atoms with Crippen LogP contribution >= 0.6 is 0 Å². The van der Waals surface area contributed by atoms with Crippen LogP contribution in [0.3, 0.4) is 0 Å². The maximum absolute atomic E-state index is 12.6. The van der Waals surface area contributed by atoms with Crippen LogP contribution < -0.4 is 10.1 Å². The lowest BCUT2D eigenvalue weighted by molar-refractivity contribution is 0.0980. The summed E-state index contributed by atoms with van der Waals surface area (Å²) in [4.78, 5) is 12.6. The van der Waals surface area contributed by atoms with E-state index < -0.39 is 5.78 Å². The molecule has 0 aliphatic rings. The van der Waals surface area contributed by atoms with E-state index in [4.69, 9.17) is 4.74 Å². The molecule has 0 saturated carbocycles. The summed E-state index contributed by atoms with van der Waals surface area (Å²) in [5.41, 5.74) is 2.73. The smallest absolute Gasteiger partial charge is 0.227 e. The van der Waals surface area contributed by atoms with Gasteiger partial charge in [-0.3, -0.25) is 4.79 Å². The minimum Gasteiger partial charge on any atom is -0.504 e. The number of aliphatic hydroxyl groups is 1. The lowest BCUT2D eigenvalue weighted by Crippen LogP contribution is -2.14. The van der Waals surface area contributed by atoms with Crippen molar-refractivity contribution in [3.63, 3.8) is 0 Å². The van der Waals surface area contributed by atoms with E-state index in [2.05, 4.69) is 25.7 Å². The number of ether oxygens (including phenoxy) is 1. The molecule has 0 bridgehead atoms. The molecule has 0 radical (unpaired) electrons. The Kier molecular flexibility index (Phi) is 6.68. The molecule has 0 aliphatic heterocycles. The summed E-state index contributed by atoms with van der Waals surface area (Å²) >= 11 is 0. The molecule has 2 aromatic rings. The Morgan fingerprint density at radius 2 is 1.82 bits per heavy atom. The number of benzene rings is 2. The summed E-state index contributed by atoms with van der Waals surface area (Å²) in [7, 11) is 1.81. The Labute approximate surface area is 167 Å². The van der Waals surface area contributed by atoms with Gasteiger partial charge in [0.1, 0.15) is 5.75 Å². The van der Waals surface area contributed by atoms with Gasteiger partial charge in [0, 0.05) is 29.3 Å². The maximum atomic E-state index is 12.6. The lowest BCUT2D eigenvalue weighted by atomic mass is 9.84. The van der Waals surface area contributed by atoms with E-state index >= 15 is 0 Å². The molecule has 0 heterocycles. The molecule has 2 aromatic carbocycles. The molecular formula is C24H29NO3. The van der Waals surface area contributed by atoms with Crippen molar-refractivity contribution in [2.45, 2.75) is 39.2 Å². The first-order valence-corrected chi connectivity index (χ1v) is 9.36. The van der Waals surface area contributed by atoms with Crippen LogP contribution in [-0.4, -0.2) is 24.0 Å². The predicted octanol–water partition coefficient (Wildman–Crippen LogP) is 5.76. The van der Waals surface area contributed by atoms with Crippen LogP contribution in [0.15, 0.2) is 60.9 Å². The monoisotopic (exact) mass is 379 g/mol. The molecule has 0 fully saturated rings. The SMILES string of the molecule is C=CC(C)(C)c1ccc(OC(C)C)c(C=C(O)C(=O)c2ccc(NC)cc2)c1. The minimum absolute atomic E-state index is 0.0302.